The molecule has 0 aromatic carbocycles. The van der Waals surface area contributed by atoms with Crippen LogP contribution in [0.3, 0.4) is 0 Å². The maximum Gasteiger partial charge on any atom is 0.309 e. The molecule has 4 heteroatoms. The predicted molar refractivity (Wildman–Crippen MR) is 50.7 cm³/mol. The Balaban J connectivity index is 2.20. The summed E-state index contributed by atoms with van der Waals surface area (Å²) in [7, 11) is 3.36. The molecule has 0 radical (unpaired) electrons. The largest absolute Gasteiger partial charge is 0.469 e. The van der Waals surface area contributed by atoms with Crippen molar-refractivity contribution in [2.45, 2.75) is 19.3 Å². The average Bonchev–Trinajstić information content (AvgIpc) is 2.59. The number of methoxy groups -OCH3 is 1. The summed E-state index contributed by atoms with van der Waals surface area (Å²) >= 11 is 0. The first-order valence-electron chi connectivity index (χ1n) is 4.80. The number of esters is 1. The number of hydrogen-bond acceptors (Lipinski definition) is 3. The Morgan fingerprint density at radius 2 is 2.50 bits per heavy atom. The molecule has 1 aromatic rings. The lowest BCUT2D eigenvalue weighted by Gasteiger charge is -2.20. The molecular weight excluding hydrogens is 180 g/mol. The van der Waals surface area contributed by atoms with Gasteiger partial charge in [-0.15, -0.1) is 0 Å². The highest BCUT2D eigenvalue weighted by Crippen LogP contribution is 2.25. The summed E-state index contributed by atoms with van der Waals surface area (Å²) in [4.78, 5) is 11.4. The second-order valence-electron chi connectivity index (χ2n) is 3.70. The number of carbonyl (C=O) groups excluding carboxylic acids is 1. The van der Waals surface area contributed by atoms with Crippen molar-refractivity contribution in [3.8, 4) is 0 Å². The Bertz CT molecular complexity index is 357. The van der Waals surface area contributed by atoms with E-state index in [1.165, 1.54) is 18.4 Å². The molecule has 0 amide bonds. The summed E-state index contributed by atoms with van der Waals surface area (Å²) in [5.74, 6) is -0.0836. The van der Waals surface area contributed by atoms with Gasteiger partial charge in [0.2, 0.25) is 0 Å². The third-order valence-corrected chi connectivity index (χ3v) is 2.88. The lowest BCUT2D eigenvalue weighted by molar-refractivity contribution is -0.145. The van der Waals surface area contributed by atoms with E-state index in [4.69, 9.17) is 4.74 Å². The SMILES string of the molecule is COC(=O)[C@@H]1CCc2cnn(C)c2C1. The lowest BCUT2D eigenvalue weighted by atomic mass is 9.88. The summed E-state index contributed by atoms with van der Waals surface area (Å²) in [5, 5.41) is 4.18. The number of carbonyl (C=O) groups is 1. The van der Waals surface area contributed by atoms with Crippen molar-refractivity contribution < 1.29 is 9.53 Å². The predicted octanol–water partition coefficient (Wildman–Crippen LogP) is 0.698. The zero-order valence-corrected chi connectivity index (χ0v) is 8.49. The van der Waals surface area contributed by atoms with Crippen molar-refractivity contribution in [3.63, 3.8) is 0 Å². The molecule has 0 N–H and O–H groups in total. The molecule has 0 bridgehead atoms. The van der Waals surface area contributed by atoms with Gasteiger partial charge in [0.05, 0.1) is 19.2 Å². The highest BCUT2D eigenvalue weighted by Gasteiger charge is 2.27. The number of aryl methyl sites for hydroxylation is 2. The summed E-state index contributed by atoms with van der Waals surface area (Å²) in [5.41, 5.74) is 2.44. The fourth-order valence-corrected chi connectivity index (χ4v) is 2.01. The maximum absolute atomic E-state index is 11.4. The van der Waals surface area contributed by atoms with Crippen LogP contribution in [0.5, 0.6) is 0 Å². The molecule has 0 aliphatic heterocycles. The van der Waals surface area contributed by atoms with Gasteiger partial charge in [-0.2, -0.15) is 5.10 Å². The van der Waals surface area contributed by atoms with Crippen LogP contribution in [0.4, 0.5) is 0 Å². The molecule has 4 nitrogen and oxygen atoms in total. The van der Waals surface area contributed by atoms with Gasteiger partial charge in [-0.3, -0.25) is 9.48 Å². The number of rotatable bonds is 1. The van der Waals surface area contributed by atoms with E-state index in [-0.39, 0.29) is 11.9 Å². The smallest absolute Gasteiger partial charge is 0.309 e. The Morgan fingerprint density at radius 3 is 3.21 bits per heavy atom. The fourth-order valence-electron chi connectivity index (χ4n) is 2.01. The van der Waals surface area contributed by atoms with Crippen molar-refractivity contribution in [2.75, 3.05) is 7.11 Å². The van der Waals surface area contributed by atoms with Gasteiger partial charge in [0, 0.05) is 19.2 Å². The monoisotopic (exact) mass is 194 g/mol. The molecule has 0 saturated carbocycles. The molecule has 0 fully saturated rings. The molecule has 1 heterocycles. The summed E-state index contributed by atoms with van der Waals surface area (Å²) in [6, 6.07) is 0. The second-order valence-corrected chi connectivity index (χ2v) is 3.70. The summed E-state index contributed by atoms with van der Waals surface area (Å²) in [6.45, 7) is 0. The Kier molecular flexibility index (Phi) is 2.27. The van der Waals surface area contributed by atoms with Crippen molar-refractivity contribution >= 4 is 5.97 Å². The first-order chi connectivity index (χ1) is 6.72. The Labute approximate surface area is 82.9 Å². The van der Waals surface area contributed by atoms with Gasteiger partial charge in [0.15, 0.2) is 0 Å². The van der Waals surface area contributed by atoms with Gasteiger partial charge >= 0.3 is 5.97 Å². The van der Waals surface area contributed by atoms with E-state index in [0.717, 1.165) is 19.3 Å². The van der Waals surface area contributed by atoms with Crippen LogP contribution in [0, 0.1) is 5.92 Å². The topological polar surface area (TPSA) is 44.1 Å². The molecule has 2 rings (SSSR count). The Hall–Kier alpha value is -1.32. The number of ether oxygens (including phenoxy) is 1. The molecular formula is C10H14N2O2. The minimum absolute atomic E-state index is 0.0166. The molecule has 0 unspecified atom stereocenters. The van der Waals surface area contributed by atoms with E-state index < -0.39 is 0 Å². The van der Waals surface area contributed by atoms with Gasteiger partial charge < -0.3 is 4.74 Å². The minimum Gasteiger partial charge on any atom is -0.469 e. The molecule has 0 spiro atoms. The van der Waals surface area contributed by atoms with Crippen LogP contribution in [-0.4, -0.2) is 22.9 Å². The molecule has 14 heavy (non-hydrogen) atoms. The van der Waals surface area contributed by atoms with Crippen LogP contribution in [0.15, 0.2) is 6.20 Å². The quantitative estimate of drug-likeness (QED) is 0.618. The number of hydrogen-bond donors (Lipinski definition) is 0. The van der Waals surface area contributed by atoms with Gasteiger partial charge in [0.1, 0.15) is 0 Å². The molecule has 1 aromatic heterocycles. The van der Waals surface area contributed by atoms with Crippen molar-refractivity contribution in [2.24, 2.45) is 13.0 Å². The number of aromatic nitrogens is 2. The Morgan fingerprint density at radius 1 is 1.71 bits per heavy atom. The highest BCUT2D eigenvalue weighted by atomic mass is 16.5. The van der Waals surface area contributed by atoms with E-state index in [1.54, 1.807) is 0 Å². The number of fused-ring (bicyclic) bond motifs is 1. The first-order valence-corrected chi connectivity index (χ1v) is 4.80. The van der Waals surface area contributed by atoms with E-state index >= 15 is 0 Å². The van der Waals surface area contributed by atoms with E-state index in [2.05, 4.69) is 5.10 Å². The van der Waals surface area contributed by atoms with Crippen molar-refractivity contribution in [3.05, 3.63) is 17.5 Å². The summed E-state index contributed by atoms with van der Waals surface area (Å²) < 4.78 is 6.60. The van der Waals surface area contributed by atoms with Gasteiger partial charge in [-0.05, 0) is 18.4 Å². The van der Waals surface area contributed by atoms with E-state index in [0.29, 0.717) is 0 Å². The average molecular weight is 194 g/mol. The highest BCUT2D eigenvalue weighted by molar-refractivity contribution is 5.73. The zero-order chi connectivity index (χ0) is 10.1. The van der Waals surface area contributed by atoms with Crippen LogP contribution in [0.1, 0.15) is 17.7 Å². The molecule has 76 valence electrons. The molecule has 1 aliphatic rings. The summed E-state index contributed by atoms with van der Waals surface area (Å²) in [6.07, 6.45) is 4.47. The minimum atomic E-state index is -0.100. The van der Waals surface area contributed by atoms with Gasteiger partial charge in [-0.25, -0.2) is 0 Å². The van der Waals surface area contributed by atoms with E-state index in [9.17, 15) is 4.79 Å². The maximum atomic E-state index is 11.4. The van der Waals surface area contributed by atoms with Crippen LogP contribution < -0.4 is 0 Å². The number of nitrogens with zero attached hydrogens (tertiary/aromatic N) is 2. The molecule has 1 atom stereocenters. The van der Waals surface area contributed by atoms with Crippen molar-refractivity contribution in [1.29, 1.82) is 0 Å². The van der Waals surface area contributed by atoms with Crippen LogP contribution in [-0.2, 0) is 29.4 Å². The molecule has 1 aliphatic carbocycles. The first kappa shape index (κ1) is 9.24. The zero-order valence-electron chi connectivity index (χ0n) is 8.49. The third-order valence-electron chi connectivity index (χ3n) is 2.88. The second kappa shape index (κ2) is 3.44. The molecule has 0 saturated heterocycles. The standard InChI is InChI=1S/C10H14N2O2/c1-12-9-5-7(10(13)14-2)3-4-8(9)6-11-12/h6-7H,3-5H2,1-2H3/t7-/m1/s1. The van der Waals surface area contributed by atoms with Crippen molar-refractivity contribution in [1.82, 2.24) is 9.78 Å². The lowest BCUT2D eigenvalue weighted by Crippen LogP contribution is -2.24. The third kappa shape index (κ3) is 1.41. The van der Waals surface area contributed by atoms with Gasteiger partial charge in [-0.1, -0.05) is 0 Å². The van der Waals surface area contributed by atoms with Gasteiger partial charge in [0.25, 0.3) is 0 Å². The van der Waals surface area contributed by atoms with E-state index in [1.807, 2.05) is 17.9 Å². The van der Waals surface area contributed by atoms with Crippen LogP contribution in [0.2, 0.25) is 0 Å². The van der Waals surface area contributed by atoms with Crippen LogP contribution >= 0.6 is 0 Å². The fraction of sp³-hybridized carbons (Fsp3) is 0.600. The normalized spacial score (nSPS) is 20.3. The van der Waals surface area contributed by atoms with Crippen LogP contribution in [0.25, 0.3) is 0 Å².